The highest BCUT2D eigenvalue weighted by Gasteiger charge is 2.06. The second-order valence-corrected chi connectivity index (χ2v) is 4.97. The summed E-state index contributed by atoms with van der Waals surface area (Å²) in [7, 11) is 0. The Morgan fingerprint density at radius 1 is 1.00 bits per heavy atom. The van der Waals surface area contributed by atoms with Crippen molar-refractivity contribution in [3.05, 3.63) is 72.2 Å². The smallest absolute Gasteiger partial charge is 0.123 e. The predicted molar refractivity (Wildman–Crippen MR) is 82.5 cm³/mol. The van der Waals surface area contributed by atoms with E-state index in [1.165, 1.54) is 12.1 Å². The highest BCUT2D eigenvalue weighted by molar-refractivity contribution is 5.62. The SMILES string of the molecule is CC(Nc1ccc(-c2ccn[nH]2)cc1)c1ccc(F)cc1. The van der Waals surface area contributed by atoms with Gasteiger partial charge in [-0.25, -0.2) is 4.39 Å². The molecule has 0 amide bonds. The van der Waals surface area contributed by atoms with E-state index in [2.05, 4.69) is 22.4 Å². The molecular weight excluding hydrogens is 265 g/mol. The Bertz CT molecular complexity index is 688. The fraction of sp³-hybridized carbons (Fsp3) is 0.118. The van der Waals surface area contributed by atoms with Crippen LogP contribution in [0.4, 0.5) is 10.1 Å². The van der Waals surface area contributed by atoms with Crippen molar-refractivity contribution >= 4 is 5.69 Å². The van der Waals surface area contributed by atoms with Crippen molar-refractivity contribution in [3.63, 3.8) is 0 Å². The van der Waals surface area contributed by atoms with Gasteiger partial charge in [-0.15, -0.1) is 0 Å². The lowest BCUT2D eigenvalue weighted by Gasteiger charge is -2.16. The van der Waals surface area contributed by atoms with Crippen LogP contribution in [0.1, 0.15) is 18.5 Å². The molecule has 0 saturated heterocycles. The quantitative estimate of drug-likeness (QED) is 0.744. The Labute approximate surface area is 122 Å². The van der Waals surface area contributed by atoms with Gasteiger partial charge in [0.05, 0.1) is 5.69 Å². The summed E-state index contributed by atoms with van der Waals surface area (Å²) in [5, 5.41) is 10.3. The molecule has 4 heteroatoms. The summed E-state index contributed by atoms with van der Waals surface area (Å²) in [5.41, 5.74) is 4.16. The summed E-state index contributed by atoms with van der Waals surface area (Å²) in [4.78, 5) is 0. The number of aromatic amines is 1. The molecule has 3 aromatic rings. The molecule has 0 fully saturated rings. The average Bonchev–Trinajstić information content (AvgIpc) is 3.03. The van der Waals surface area contributed by atoms with Gasteiger partial charge in [0.1, 0.15) is 5.82 Å². The largest absolute Gasteiger partial charge is 0.379 e. The number of nitrogens with one attached hydrogen (secondary N) is 2. The van der Waals surface area contributed by atoms with Crippen molar-refractivity contribution < 1.29 is 4.39 Å². The molecule has 1 atom stereocenters. The molecule has 3 rings (SSSR count). The van der Waals surface area contributed by atoms with E-state index in [9.17, 15) is 4.39 Å². The Kier molecular flexibility index (Phi) is 3.69. The van der Waals surface area contributed by atoms with Crippen LogP contribution in [-0.4, -0.2) is 10.2 Å². The van der Waals surface area contributed by atoms with Crippen LogP contribution in [0.3, 0.4) is 0 Å². The molecule has 0 aliphatic rings. The lowest BCUT2D eigenvalue weighted by Crippen LogP contribution is -2.06. The first-order chi connectivity index (χ1) is 10.2. The number of anilines is 1. The third-order valence-electron chi connectivity index (χ3n) is 3.45. The molecule has 2 N–H and O–H groups in total. The summed E-state index contributed by atoms with van der Waals surface area (Å²) in [6.45, 7) is 2.05. The summed E-state index contributed by atoms with van der Waals surface area (Å²) in [5.74, 6) is -0.213. The number of rotatable bonds is 4. The van der Waals surface area contributed by atoms with Gasteiger partial charge in [-0.1, -0.05) is 24.3 Å². The van der Waals surface area contributed by atoms with E-state index in [0.717, 1.165) is 22.5 Å². The van der Waals surface area contributed by atoms with E-state index in [0.29, 0.717) is 0 Å². The third-order valence-corrected chi connectivity index (χ3v) is 3.45. The molecule has 0 aliphatic heterocycles. The molecule has 0 bridgehead atoms. The number of hydrogen-bond acceptors (Lipinski definition) is 2. The molecule has 0 saturated carbocycles. The number of halogens is 1. The molecule has 1 heterocycles. The van der Waals surface area contributed by atoms with Crippen molar-refractivity contribution in [3.8, 4) is 11.3 Å². The summed E-state index contributed by atoms with van der Waals surface area (Å²) >= 11 is 0. The van der Waals surface area contributed by atoms with Crippen LogP contribution in [0.25, 0.3) is 11.3 Å². The first-order valence-corrected chi connectivity index (χ1v) is 6.84. The van der Waals surface area contributed by atoms with E-state index >= 15 is 0 Å². The minimum absolute atomic E-state index is 0.114. The maximum Gasteiger partial charge on any atom is 0.123 e. The predicted octanol–water partition coefficient (Wildman–Crippen LogP) is 4.39. The molecular formula is C17H16FN3. The van der Waals surface area contributed by atoms with Crippen LogP contribution in [0.5, 0.6) is 0 Å². The fourth-order valence-electron chi connectivity index (χ4n) is 2.25. The zero-order valence-electron chi connectivity index (χ0n) is 11.7. The lowest BCUT2D eigenvalue weighted by molar-refractivity contribution is 0.626. The normalized spacial score (nSPS) is 12.1. The van der Waals surface area contributed by atoms with Crippen LogP contribution in [0.15, 0.2) is 60.8 Å². The second-order valence-electron chi connectivity index (χ2n) is 4.97. The van der Waals surface area contributed by atoms with Gasteiger partial charge in [-0.05, 0) is 48.4 Å². The third kappa shape index (κ3) is 3.11. The van der Waals surface area contributed by atoms with Gasteiger partial charge in [-0.2, -0.15) is 5.10 Å². The topological polar surface area (TPSA) is 40.7 Å². The van der Waals surface area contributed by atoms with Gasteiger partial charge in [0.25, 0.3) is 0 Å². The highest BCUT2D eigenvalue weighted by Crippen LogP contribution is 2.22. The Hall–Kier alpha value is -2.62. The maximum absolute atomic E-state index is 12.9. The van der Waals surface area contributed by atoms with Crippen molar-refractivity contribution in [2.75, 3.05) is 5.32 Å². The molecule has 0 spiro atoms. The van der Waals surface area contributed by atoms with Crippen LogP contribution in [0, 0.1) is 5.82 Å². The first-order valence-electron chi connectivity index (χ1n) is 6.84. The van der Waals surface area contributed by atoms with Gasteiger partial charge in [0, 0.05) is 17.9 Å². The molecule has 2 aromatic carbocycles. The summed E-state index contributed by atoms with van der Waals surface area (Å²) in [6, 6.07) is 16.7. The maximum atomic E-state index is 12.9. The van der Waals surface area contributed by atoms with E-state index < -0.39 is 0 Å². The van der Waals surface area contributed by atoms with Crippen molar-refractivity contribution in [1.82, 2.24) is 10.2 Å². The number of aromatic nitrogens is 2. The van der Waals surface area contributed by atoms with Crippen molar-refractivity contribution in [2.24, 2.45) is 0 Å². The molecule has 1 unspecified atom stereocenters. The Balaban J connectivity index is 1.71. The second kappa shape index (κ2) is 5.79. The van der Waals surface area contributed by atoms with Crippen LogP contribution < -0.4 is 5.32 Å². The molecule has 21 heavy (non-hydrogen) atoms. The monoisotopic (exact) mass is 281 g/mol. The van der Waals surface area contributed by atoms with Crippen LogP contribution in [0.2, 0.25) is 0 Å². The molecule has 106 valence electrons. The molecule has 3 nitrogen and oxygen atoms in total. The van der Waals surface area contributed by atoms with Gasteiger partial charge < -0.3 is 5.32 Å². The summed E-state index contributed by atoms with van der Waals surface area (Å²) in [6.07, 6.45) is 1.73. The first kappa shape index (κ1) is 13.4. The highest BCUT2D eigenvalue weighted by atomic mass is 19.1. The van der Waals surface area contributed by atoms with E-state index in [1.807, 2.05) is 30.3 Å². The lowest BCUT2D eigenvalue weighted by atomic mass is 10.1. The minimum Gasteiger partial charge on any atom is -0.379 e. The Morgan fingerprint density at radius 3 is 2.33 bits per heavy atom. The summed E-state index contributed by atoms with van der Waals surface area (Å²) < 4.78 is 12.9. The van der Waals surface area contributed by atoms with Crippen LogP contribution >= 0.6 is 0 Å². The van der Waals surface area contributed by atoms with E-state index in [1.54, 1.807) is 18.3 Å². The number of H-pyrrole nitrogens is 1. The Morgan fingerprint density at radius 2 is 1.71 bits per heavy atom. The van der Waals surface area contributed by atoms with Gasteiger partial charge in [-0.3, -0.25) is 5.10 Å². The van der Waals surface area contributed by atoms with Crippen molar-refractivity contribution in [2.45, 2.75) is 13.0 Å². The zero-order valence-corrected chi connectivity index (χ0v) is 11.7. The van der Waals surface area contributed by atoms with Crippen LogP contribution in [-0.2, 0) is 0 Å². The van der Waals surface area contributed by atoms with Crippen molar-refractivity contribution in [1.29, 1.82) is 0 Å². The molecule has 0 aliphatic carbocycles. The van der Waals surface area contributed by atoms with E-state index in [-0.39, 0.29) is 11.9 Å². The standard InChI is InChI=1S/C17H16FN3/c1-12(13-2-6-15(18)7-3-13)20-16-8-4-14(5-9-16)17-10-11-19-21-17/h2-12,20H,1H3,(H,19,21). The molecule has 0 radical (unpaired) electrons. The van der Waals surface area contributed by atoms with Gasteiger partial charge in [0.2, 0.25) is 0 Å². The van der Waals surface area contributed by atoms with Gasteiger partial charge >= 0.3 is 0 Å². The number of hydrogen-bond donors (Lipinski definition) is 2. The van der Waals surface area contributed by atoms with Gasteiger partial charge in [0.15, 0.2) is 0 Å². The number of benzene rings is 2. The minimum atomic E-state index is -0.213. The fourth-order valence-corrected chi connectivity index (χ4v) is 2.25. The van der Waals surface area contributed by atoms with E-state index in [4.69, 9.17) is 0 Å². The molecule has 1 aromatic heterocycles. The number of nitrogens with zero attached hydrogens (tertiary/aromatic N) is 1. The average molecular weight is 281 g/mol. The zero-order chi connectivity index (χ0) is 14.7.